The quantitative estimate of drug-likeness (QED) is 0.496. The molecule has 0 fully saturated rings. The van der Waals surface area contributed by atoms with E-state index in [9.17, 15) is 0 Å². The van der Waals surface area contributed by atoms with Crippen LogP contribution in [0.5, 0.6) is 0 Å². The molecule has 0 spiro atoms. The Bertz CT molecular complexity index is 213. The van der Waals surface area contributed by atoms with Gasteiger partial charge in [0.1, 0.15) is 6.79 Å². The Morgan fingerprint density at radius 1 is 1.31 bits per heavy atom. The maximum absolute atomic E-state index is 5.24. The van der Waals surface area contributed by atoms with Gasteiger partial charge in [0.2, 0.25) is 0 Å². The Morgan fingerprint density at radius 2 is 2.23 bits per heavy atom. The highest BCUT2D eigenvalue weighted by Gasteiger charge is 1.91. The average molecular weight is 181 g/mol. The first-order valence-corrected chi connectivity index (χ1v) is 4.49. The highest BCUT2D eigenvalue weighted by atomic mass is 16.7. The lowest BCUT2D eigenvalue weighted by atomic mass is 10.4. The highest BCUT2D eigenvalue weighted by molar-refractivity contribution is 5.01. The lowest BCUT2D eigenvalue weighted by molar-refractivity contribution is -0.0620. The molecule has 1 aromatic heterocycles. The van der Waals surface area contributed by atoms with Crippen LogP contribution in [0, 0.1) is 0 Å². The normalized spacial score (nSPS) is 10.2. The summed E-state index contributed by atoms with van der Waals surface area (Å²) in [4.78, 5) is 4.12. The molecular weight excluding hydrogens is 166 g/mol. The summed E-state index contributed by atoms with van der Waals surface area (Å²) in [5.41, 5.74) is 0.933. The molecule has 3 nitrogen and oxygen atoms in total. The number of rotatable bonds is 6. The molecule has 0 N–H and O–H groups in total. The van der Waals surface area contributed by atoms with E-state index in [1.54, 1.807) is 6.20 Å². The summed E-state index contributed by atoms with van der Waals surface area (Å²) in [5, 5.41) is 0. The molecule has 0 aromatic carbocycles. The second-order valence-electron chi connectivity index (χ2n) is 2.70. The van der Waals surface area contributed by atoms with Crippen molar-refractivity contribution in [1.29, 1.82) is 0 Å². The van der Waals surface area contributed by atoms with Gasteiger partial charge in [0.05, 0.1) is 12.3 Å². The third-order valence-corrected chi connectivity index (χ3v) is 1.49. The Morgan fingerprint density at radius 3 is 2.92 bits per heavy atom. The van der Waals surface area contributed by atoms with Crippen LogP contribution in [0.2, 0.25) is 0 Å². The topological polar surface area (TPSA) is 31.4 Å². The molecule has 0 atom stereocenters. The standard InChI is InChI=1S/C10H15NO2/c1-2-7-12-9-13-8-10-5-3-4-6-11-10/h3-6H,2,7-9H2,1H3. The Balaban J connectivity index is 2.07. The van der Waals surface area contributed by atoms with Gasteiger partial charge in [0, 0.05) is 12.8 Å². The fourth-order valence-electron chi connectivity index (χ4n) is 0.892. The smallest absolute Gasteiger partial charge is 0.147 e. The van der Waals surface area contributed by atoms with E-state index >= 15 is 0 Å². The van der Waals surface area contributed by atoms with Crippen LogP contribution >= 0.6 is 0 Å². The fourth-order valence-corrected chi connectivity index (χ4v) is 0.892. The van der Waals surface area contributed by atoms with Crippen molar-refractivity contribution >= 4 is 0 Å². The minimum atomic E-state index is 0.352. The van der Waals surface area contributed by atoms with Crippen molar-refractivity contribution in [2.75, 3.05) is 13.4 Å². The van der Waals surface area contributed by atoms with E-state index in [1.807, 2.05) is 18.2 Å². The summed E-state index contributed by atoms with van der Waals surface area (Å²) >= 11 is 0. The van der Waals surface area contributed by atoms with Gasteiger partial charge < -0.3 is 9.47 Å². The summed E-state index contributed by atoms with van der Waals surface area (Å²) in [7, 11) is 0. The zero-order valence-electron chi connectivity index (χ0n) is 7.90. The van der Waals surface area contributed by atoms with Crippen molar-refractivity contribution in [3.63, 3.8) is 0 Å². The van der Waals surface area contributed by atoms with Crippen molar-refractivity contribution in [3.05, 3.63) is 30.1 Å². The van der Waals surface area contributed by atoms with E-state index in [0.29, 0.717) is 13.4 Å². The fraction of sp³-hybridized carbons (Fsp3) is 0.500. The van der Waals surface area contributed by atoms with Crippen LogP contribution in [0.25, 0.3) is 0 Å². The van der Waals surface area contributed by atoms with E-state index in [1.165, 1.54) is 0 Å². The number of aromatic nitrogens is 1. The van der Waals surface area contributed by atoms with E-state index < -0.39 is 0 Å². The summed E-state index contributed by atoms with van der Waals surface area (Å²) in [5.74, 6) is 0. The zero-order valence-corrected chi connectivity index (χ0v) is 7.90. The van der Waals surface area contributed by atoms with Gasteiger partial charge in [0.15, 0.2) is 0 Å². The average Bonchev–Trinajstić information content (AvgIpc) is 2.19. The minimum absolute atomic E-state index is 0.352. The maximum atomic E-state index is 5.24. The third-order valence-electron chi connectivity index (χ3n) is 1.49. The summed E-state index contributed by atoms with van der Waals surface area (Å²) in [6.07, 6.45) is 2.78. The van der Waals surface area contributed by atoms with Gasteiger partial charge in [-0.15, -0.1) is 0 Å². The second kappa shape index (κ2) is 6.57. The van der Waals surface area contributed by atoms with E-state index in [0.717, 1.165) is 18.7 Å². The summed E-state index contributed by atoms with van der Waals surface area (Å²) in [6, 6.07) is 5.76. The molecule has 3 heteroatoms. The van der Waals surface area contributed by atoms with Gasteiger partial charge in [-0.1, -0.05) is 13.0 Å². The first-order chi connectivity index (χ1) is 6.43. The number of nitrogens with zero attached hydrogens (tertiary/aromatic N) is 1. The maximum Gasteiger partial charge on any atom is 0.147 e. The van der Waals surface area contributed by atoms with Crippen molar-refractivity contribution in [2.24, 2.45) is 0 Å². The second-order valence-corrected chi connectivity index (χ2v) is 2.70. The molecule has 0 saturated heterocycles. The van der Waals surface area contributed by atoms with Gasteiger partial charge >= 0.3 is 0 Å². The lowest BCUT2D eigenvalue weighted by Crippen LogP contribution is -2.01. The first-order valence-electron chi connectivity index (χ1n) is 4.49. The molecule has 0 amide bonds. The molecule has 72 valence electrons. The van der Waals surface area contributed by atoms with Crippen LogP contribution in [0.1, 0.15) is 19.0 Å². The van der Waals surface area contributed by atoms with Crippen LogP contribution in [0.3, 0.4) is 0 Å². The van der Waals surface area contributed by atoms with E-state index in [-0.39, 0.29) is 0 Å². The predicted octanol–water partition coefficient (Wildman–Crippen LogP) is 1.98. The molecule has 0 saturated carbocycles. The van der Waals surface area contributed by atoms with Crippen LogP contribution in [0.4, 0.5) is 0 Å². The molecule has 0 aliphatic rings. The molecule has 0 radical (unpaired) electrons. The number of ether oxygens (including phenoxy) is 2. The molecule has 13 heavy (non-hydrogen) atoms. The van der Waals surface area contributed by atoms with Crippen LogP contribution in [-0.4, -0.2) is 18.4 Å². The monoisotopic (exact) mass is 181 g/mol. The Hall–Kier alpha value is -0.930. The van der Waals surface area contributed by atoms with Crippen LogP contribution in [0.15, 0.2) is 24.4 Å². The van der Waals surface area contributed by atoms with E-state index in [2.05, 4.69) is 11.9 Å². The molecule has 0 unspecified atom stereocenters. The predicted molar refractivity (Wildman–Crippen MR) is 50.1 cm³/mol. The van der Waals surface area contributed by atoms with Gasteiger partial charge in [0.25, 0.3) is 0 Å². The molecule has 1 aromatic rings. The van der Waals surface area contributed by atoms with Gasteiger partial charge in [-0.05, 0) is 18.6 Å². The summed E-state index contributed by atoms with van der Waals surface area (Å²) in [6.45, 7) is 3.69. The molecule has 1 heterocycles. The molecule has 1 rings (SSSR count). The van der Waals surface area contributed by atoms with Gasteiger partial charge in [-0.3, -0.25) is 4.98 Å². The third kappa shape index (κ3) is 4.60. The minimum Gasteiger partial charge on any atom is -0.355 e. The number of hydrogen-bond acceptors (Lipinski definition) is 3. The van der Waals surface area contributed by atoms with Crippen molar-refractivity contribution in [1.82, 2.24) is 4.98 Å². The number of pyridine rings is 1. The van der Waals surface area contributed by atoms with E-state index in [4.69, 9.17) is 9.47 Å². The molecule has 0 bridgehead atoms. The molecular formula is C10H15NO2. The summed E-state index contributed by atoms with van der Waals surface area (Å²) < 4.78 is 10.4. The Kier molecular flexibility index (Phi) is 5.13. The van der Waals surface area contributed by atoms with Crippen LogP contribution in [-0.2, 0) is 16.1 Å². The van der Waals surface area contributed by atoms with Crippen molar-refractivity contribution in [2.45, 2.75) is 20.0 Å². The number of hydrogen-bond donors (Lipinski definition) is 0. The molecule has 0 aliphatic carbocycles. The van der Waals surface area contributed by atoms with Crippen LogP contribution < -0.4 is 0 Å². The highest BCUT2D eigenvalue weighted by Crippen LogP contribution is 1.95. The van der Waals surface area contributed by atoms with Gasteiger partial charge in [-0.25, -0.2) is 0 Å². The van der Waals surface area contributed by atoms with Gasteiger partial charge in [-0.2, -0.15) is 0 Å². The van der Waals surface area contributed by atoms with Crippen molar-refractivity contribution in [3.8, 4) is 0 Å². The molecule has 0 aliphatic heterocycles. The largest absolute Gasteiger partial charge is 0.355 e. The lowest BCUT2D eigenvalue weighted by Gasteiger charge is -2.03. The SMILES string of the molecule is CCCOCOCc1ccccn1. The first kappa shape index (κ1) is 10.2. The Labute approximate surface area is 78.7 Å². The van der Waals surface area contributed by atoms with Crippen molar-refractivity contribution < 1.29 is 9.47 Å². The zero-order chi connectivity index (χ0) is 9.36.